The molecule has 2 aliphatic rings. The minimum absolute atomic E-state index is 0.826. The van der Waals surface area contributed by atoms with Gasteiger partial charge in [0.05, 0.1) is 0 Å². The van der Waals surface area contributed by atoms with Crippen LogP contribution in [0.1, 0.15) is 19.8 Å². The van der Waals surface area contributed by atoms with E-state index in [1.165, 1.54) is 0 Å². The zero-order chi connectivity index (χ0) is 12.5. The molecular weight excluding hydrogens is 318 g/mol. The molecule has 16 heavy (non-hydrogen) atoms. The van der Waals surface area contributed by atoms with E-state index in [4.69, 9.17) is 17.0 Å². The van der Waals surface area contributed by atoms with Gasteiger partial charge < -0.3 is 0 Å². The van der Waals surface area contributed by atoms with Crippen LogP contribution in [0.15, 0.2) is 49.1 Å². The average Bonchev–Trinajstić information content (AvgIpc) is 3.00. The van der Waals surface area contributed by atoms with E-state index >= 15 is 0 Å². The molecule has 86 valence electrons. The topological polar surface area (TPSA) is 0 Å². The van der Waals surface area contributed by atoms with Gasteiger partial charge in [0.1, 0.15) is 0 Å². The molecule has 0 spiro atoms. The van der Waals surface area contributed by atoms with Gasteiger partial charge in [0.2, 0.25) is 0 Å². The third-order valence-corrected chi connectivity index (χ3v) is 1.17. The van der Waals surface area contributed by atoms with Crippen molar-refractivity contribution in [3.63, 3.8) is 0 Å². The van der Waals surface area contributed by atoms with Crippen LogP contribution in [0.5, 0.6) is 0 Å². The van der Waals surface area contributed by atoms with Crippen LogP contribution in [0.25, 0.3) is 0 Å². The summed E-state index contributed by atoms with van der Waals surface area (Å²) in [6, 6.07) is 0. The Balaban J connectivity index is 0. The number of allylic oxidation sites excluding steroid dienone is 9. The first kappa shape index (κ1) is 18.5. The van der Waals surface area contributed by atoms with Crippen molar-refractivity contribution < 1.29 is 20.8 Å². The van der Waals surface area contributed by atoms with Gasteiger partial charge in [0, 0.05) is 0 Å². The molecule has 0 amide bonds. The van der Waals surface area contributed by atoms with Gasteiger partial charge in [0.25, 0.3) is 0 Å². The van der Waals surface area contributed by atoms with Gasteiger partial charge in [-0.15, -0.1) is 19.4 Å². The Bertz CT molecular complexity index is 198. The molecule has 0 N–H and O–H groups in total. The van der Waals surface area contributed by atoms with Crippen LogP contribution in [0.3, 0.4) is 0 Å². The van der Waals surface area contributed by atoms with Crippen LogP contribution in [-0.4, -0.2) is 0 Å². The summed E-state index contributed by atoms with van der Waals surface area (Å²) in [5, 5.41) is 0. The van der Waals surface area contributed by atoms with Crippen LogP contribution < -0.4 is 0 Å². The molecule has 0 aromatic rings. The van der Waals surface area contributed by atoms with E-state index in [0.717, 1.165) is 12.8 Å². The third-order valence-electron chi connectivity index (χ3n) is 1.17. The Morgan fingerprint density at radius 2 is 1.44 bits per heavy atom. The van der Waals surface area contributed by atoms with Crippen LogP contribution in [0.4, 0.5) is 0 Å². The maximum absolute atomic E-state index is 4.93. The SMILES string of the molecule is C=CC.[C-]1=CC=CC1.[C-]1=CC=CC1.[Cl][Zr+2][Cl]. The van der Waals surface area contributed by atoms with Gasteiger partial charge in [0.15, 0.2) is 0 Å². The molecule has 0 unspecified atom stereocenters. The molecule has 0 atom stereocenters. The summed E-state index contributed by atoms with van der Waals surface area (Å²) in [6.45, 7) is 5.25. The molecule has 0 saturated heterocycles. The Hall–Kier alpha value is 0.163. The van der Waals surface area contributed by atoms with Crippen molar-refractivity contribution >= 4 is 17.0 Å². The number of rotatable bonds is 0. The van der Waals surface area contributed by atoms with Crippen LogP contribution in [0, 0.1) is 12.2 Å². The van der Waals surface area contributed by atoms with Crippen molar-refractivity contribution in [2.75, 3.05) is 0 Å². The Labute approximate surface area is 118 Å². The number of halogens is 2. The summed E-state index contributed by atoms with van der Waals surface area (Å²) in [6.07, 6.45) is 21.8. The standard InChI is InChI=1S/2C5H5.C3H6.2ClH.Zr/c2*1-2-4-5-3-1;1-3-2;;;/h2*1-3H,4H2;3H,1H2,2H3;2*1H;/q2*-1;;;;+4/p-2. The number of hydrogen-bond donors (Lipinski definition) is 0. The first-order valence-electron chi connectivity index (χ1n) is 4.80. The Morgan fingerprint density at radius 3 is 1.50 bits per heavy atom. The molecule has 0 heterocycles. The van der Waals surface area contributed by atoms with Crippen molar-refractivity contribution in [1.82, 2.24) is 0 Å². The summed E-state index contributed by atoms with van der Waals surface area (Å²) in [7, 11) is 9.87. The van der Waals surface area contributed by atoms with E-state index in [2.05, 4.69) is 30.9 Å². The molecular formula is C13H16Cl2Zr. The van der Waals surface area contributed by atoms with Crippen LogP contribution >= 0.6 is 17.0 Å². The quantitative estimate of drug-likeness (QED) is 0.423. The van der Waals surface area contributed by atoms with Gasteiger partial charge >= 0.3 is 37.9 Å². The van der Waals surface area contributed by atoms with Gasteiger partial charge in [-0.25, -0.2) is 24.3 Å². The fourth-order valence-electron chi connectivity index (χ4n) is 0.680. The fraction of sp³-hybridized carbons (Fsp3) is 0.231. The monoisotopic (exact) mass is 332 g/mol. The van der Waals surface area contributed by atoms with E-state index < -0.39 is 20.8 Å². The summed E-state index contributed by atoms with van der Waals surface area (Å²) in [5.41, 5.74) is 0. The Kier molecular flexibility index (Phi) is 23.8. The summed E-state index contributed by atoms with van der Waals surface area (Å²) in [5.74, 6) is 0. The first-order valence-corrected chi connectivity index (χ1v) is 11.1. The predicted molar refractivity (Wildman–Crippen MR) is 70.7 cm³/mol. The molecule has 2 rings (SSSR count). The molecule has 0 aromatic carbocycles. The second-order valence-corrected chi connectivity index (χ2v) is 6.22. The van der Waals surface area contributed by atoms with Gasteiger partial charge in [-0.3, -0.25) is 12.2 Å². The van der Waals surface area contributed by atoms with Crippen molar-refractivity contribution in [3.05, 3.63) is 61.3 Å². The summed E-state index contributed by atoms with van der Waals surface area (Å²) < 4.78 is 0. The van der Waals surface area contributed by atoms with Gasteiger partial charge in [-0.2, -0.15) is 12.2 Å². The molecule has 0 fully saturated rings. The molecule has 2 aliphatic carbocycles. The second kappa shape index (κ2) is 20.6. The molecule has 3 heteroatoms. The van der Waals surface area contributed by atoms with Crippen molar-refractivity contribution in [2.24, 2.45) is 0 Å². The van der Waals surface area contributed by atoms with Crippen molar-refractivity contribution in [1.29, 1.82) is 0 Å². The van der Waals surface area contributed by atoms with E-state index in [1.54, 1.807) is 6.08 Å². The molecule has 0 radical (unpaired) electrons. The number of hydrogen-bond acceptors (Lipinski definition) is 0. The van der Waals surface area contributed by atoms with E-state index in [1.807, 2.05) is 31.2 Å². The predicted octanol–water partition coefficient (Wildman–Crippen LogP) is 5.18. The zero-order valence-corrected chi connectivity index (χ0v) is 13.4. The van der Waals surface area contributed by atoms with E-state index in [0.29, 0.717) is 0 Å². The van der Waals surface area contributed by atoms with Crippen molar-refractivity contribution in [2.45, 2.75) is 19.8 Å². The zero-order valence-electron chi connectivity index (χ0n) is 9.42. The first-order chi connectivity index (χ1) is 7.83. The van der Waals surface area contributed by atoms with Gasteiger partial charge in [-0.1, -0.05) is 6.08 Å². The van der Waals surface area contributed by atoms with E-state index in [9.17, 15) is 0 Å². The summed E-state index contributed by atoms with van der Waals surface area (Å²) >= 11 is -0.826. The van der Waals surface area contributed by atoms with Crippen LogP contribution in [-0.2, 0) is 20.8 Å². The fourth-order valence-corrected chi connectivity index (χ4v) is 0.680. The van der Waals surface area contributed by atoms with Crippen LogP contribution in [0.2, 0.25) is 0 Å². The Morgan fingerprint density at radius 1 is 1.12 bits per heavy atom. The average molecular weight is 334 g/mol. The minimum atomic E-state index is -0.826. The molecule has 0 nitrogen and oxygen atoms in total. The molecule has 0 aromatic heterocycles. The maximum atomic E-state index is 4.93. The van der Waals surface area contributed by atoms with Crippen molar-refractivity contribution in [3.8, 4) is 0 Å². The molecule has 0 aliphatic heterocycles. The molecule has 0 saturated carbocycles. The second-order valence-electron chi connectivity index (χ2n) is 2.49. The molecule has 0 bridgehead atoms. The van der Waals surface area contributed by atoms with E-state index in [-0.39, 0.29) is 0 Å². The summed E-state index contributed by atoms with van der Waals surface area (Å²) in [4.78, 5) is 0. The normalized spacial score (nSPS) is 12.4. The third kappa shape index (κ3) is 23.8. The van der Waals surface area contributed by atoms with Gasteiger partial charge in [-0.05, 0) is 6.92 Å².